The van der Waals surface area contributed by atoms with E-state index in [9.17, 15) is 28.1 Å². The Hall–Kier alpha value is -2.23. The van der Waals surface area contributed by atoms with Gasteiger partial charge >= 0.3 is 0 Å². The Morgan fingerprint density at radius 3 is 2.50 bits per heavy atom. The fourth-order valence-electron chi connectivity index (χ4n) is 3.86. The summed E-state index contributed by atoms with van der Waals surface area (Å²) >= 11 is 0. The largest absolute Gasteiger partial charge is 0.334 e. The third-order valence-corrected chi connectivity index (χ3v) is 6.84. The summed E-state index contributed by atoms with van der Waals surface area (Å²) in [5.41, 5.74) is -0.775. The third-order valence-electron chi connectivity index (χ3n) is 5.09. The molecule has 9 nitrogen and oxygen atoms in total. The summed E-state index contributed by atoms with van der Waals surface area (Å²) in [4.78, 5) is 36.8. The first-order valence-corrected chi connectivity index (χ1v) is 10.5. The normalized spacial score (nSPS) is 22.4. The molecule has 10 heteroatoms. The maximum absolute atomic E-state index is 12.9. The van der Waals surface area contributed by atoms with Crippen molar-refractivity contribution in [3.05, 3.63) is 38.8 Å². The maximum Gasteiger partial charge on any atom is 0.285 e. The summed E-state index contributed by atoms with van der Waals surface area (Å²) in [5, 5.41) is 10.9. The molecule has 26 heavy (non-hydrogen) atoms. The van der Waals surface area contributed by atoms with Gasteiger partial charge in [-0.15, -0.1) is 0 Å². The van der Waals surface area contributed by atoms with Gasteiger partial charge in [-0.1, -0.05) is 12.8 Å². The average molecular weight is 383 g/mol. The highest BCUT2D eigenvalue weighted by molar-refractivity contribution is 7.91. The maximum atomic E-state index is 12.9. The van der Waals surface area contributed by atoms with E-state index in [-0.39, 0.29) is 41.7 Å². The number of carbonyl (C=O) groups is 1. The molecule has 0 aromatic carbocycles. The van der Waals surface area contributed by atoms with Gasteiger partial charge in [0.1, 0.15) is 6.54 Å². The first kappa shape index (κ1) is 18.6. The zero-order valence-electron chi connectivity index (χ0n) is 14.2. The molecule has 1 saturated heterocycles. The predicted molar refractivity (Wildman–Crippen MR) is 93.5 cm³/mol. The number of rotatable bonds is 5. The van der Waals surface area contributed by atoms with Crippen LogP contribution in [0.15, 0.2) is 23.1 Å². The molecule has 0 bridgehead atoms. The highest BCUT2D eigenvalue weighted by atomic mass is 32.2. The smallest absolute Gasteiger partial charge is 0.285 e. The van der Waals surface area contributed by atoms with Crippen LogP contribution in [-0.4, -0.2) is 52.3 Å². The van der Waals surface area contributed by atoms with E-state index < -0.39 is 20.3 Å². The first-order valence-electron chi connectivity index (χ1n) is 8.63. The third kappa shape index (κ3) is 3.95. The molecule has 1 aliphatic heterocycles. The van der Waals surface area contributed by atoms with Gasteiger partial charge in [0, 0.05) is 24.2 Å². The summed E-state index contributed by atoms with van der Waals surface area (Å²) in [6.45, 7) is -0.326. The summed E-state index contributed by atoms with van der Waals surface area (Å²) in [6, 6.07) is 1.74. The van der Waals surface area contributed by atoms with Crippen molar-refractivity contribution in [1.29, 1.82) is 0 Å². The van der Waals surface area contributed by atoms with Crippen molar-refractivity contribution >= 4 is 21.4 Å². The second-order valence-electron chi connectivity index (χ2n) is 6.91. The van der Waals surface area contributed by atoms with Gasteiger partial charge in [0.05, 0.1) is 22.6 Å². The molecule has 0 radical (unpaired) electrons. The molecule has 0 unspecified atom stereocenters. The highest BCUT2D eigenvalue weighted by Crippen LogP contribution is 2.29. The van der Waals surface area contributed by atoms with E-state index in [0.29, 0.717) is 6.42 Å². The van der Waals surface area contributed by atoms with Gasteiger partial charge in [0.25, 0.3) is 11.2 Å². The Labute approximate surface area is 150 Å². The molecule has 2 heterocycles. The Bertz CT molecular complexity index is 872. The van der Waals surface area contributed by atoms with E-state index in [1.165, 1.54) is 0 Å². The fraction of sp³-hybridized carbons (Fsp3) is 0.625. The van der Waals surface area contributed by atoms with E-state index in [0.717, 1.165) is 48.6 Å². The lowest BCUT2D eigenvalue weighted by molar-refractivity contribution is -0.385. The molecule has 1 atom stereocenters. The van der Waals surface area contributed by atoms with Crippen molar-refractivity contribution in [2.24, 2.45) is 0 Å². The minimum absolute atomic E-state index is 0.0322. The first-order chi connectivity index (χ1) is 12.3. The van der Waals surface area contributed by atoms with Crippen molar-refractivity contribution < 1.29 is 18.1 Å². The minimum Gasteiger partial charge on any atom is -0.334 e. The number of aromatic nitrogens is 1. The van der Waals surface area contributed by atoms with E-state index in [4.69, 9.17) is 0 Å². The molecular formula is C16H21N3O6S. The van der Waals surface area contributed by atoms with Gasteiger partial charge in [-0.2, -0.15) is 0 Å². The number of carbonyl (C=O) groups excluding carboxylic acids is 1. The average Bonchev–Trinajstić information content (AvgIpc) is 3.20. The molecule has 1 saturated carbocycles. The number of nitrogens with zero attached hydrogens (tertiary/aromatic N) is 3. The molecule has 1 aliphatic carbocycles. The quantitative estimate of drug-likeness (QED) is 0.546. The fourth-order valence-corrected chi connectivity index (χ4v) is 5.57. The lowest BCUT2D eigenvalue weighted by Crippen LogP contribution is -2.48. The van der Waals surface area contributed by atoms with Gasteiger partial charge in [-0.3, -0.25) is 24.3 Å². The molecule has 142 valence electrons. The van der Waals surface area contributed by atoms with Crippen molar-refractivity contribution in [2.45, 2.75) is 50.7 Å². The van der Waals surface area contributed by atoms with Crippen LogP contribution in [0.1, 0.15) is 32.1 Å². The topological polar surface area (TPSA) is 120 Å². The molecule has 2 aliphatic rings. The Morgan fingerprint density at radius 2 is 1.92 bits per heavy atom. The SMILES string of the molecule is O=C(Cn1cc([N+](=O)[O-])ccc1=O)N(C1CCCC1)[C@H]1CCS(=O)(=O)C1. The lowest BCUT2D eigenvalue weighted by Gasteiger charge is -2.34. The van der Waals surface area contributed by atoms with Crippen LogP contribution in [0.5, 0.6) is 0 Å². The van der Waals surface area contributed by atoms with Gasteiger partial charge in [0.15, 0.2) is 9.84 Å². The molecule has 0 spiro atoms. The summed E-state index contributed by atoms with van der Waals surface area (Å²) < 4.78 is 24.7. The molecule has 1 aromatic heterocycles. The van der Waals surface area contributed by atoms with E-state index in [2.05, 4.69) is 0 Å². The summed E-state index contributed by atoms with van der Waals surface area (Å²) in [5.74, 6) is -0.356. The summed E-state index contributed by atoms with van der Waals surface area (Å²) in [7, 11) is -3.15. The van der Waals surface area contributed by atoms with Gasteiger partial charge in [-0.05, 0) is 19.3 Å². The van der Waals surface area contributed by atoms with Gasteiger partial charge in [-0.25, -0.2) is 8.42 Å². The Balaban J connectivity index is 1.85. The number of amides is 1. The monoisotopic (exact) mass is 383 g/mol. The Morgan fingerprint density at radius 1 is 1.23 bits per heavy atom. The second-order valence-corrected chi connectivity index (χ2v) is 9.14. The van der Waals surface area contributed by atoms with Crippen molar-refractivity contribution in [3.8, 4) is 0 Å². The van der Waals surface area contributed by atoms with E-state index in [1.54, 1.807) is 4.90 Å². The molecule has 0 N–H and O–H groups in total. The van der Waals surface area contributed by atoms with Gasteiger partial charge in [0.2, 0.25) is 5.91 Å². The van der Waals surface area contributed by atoms with Crippen LogP contribution >= 0.6 is 0 Å². The van der Waals surface area contributed by atoms with Crippen LogP contribution in [-0.2, 0) is 21.2 Å². The second kappa shape index (κ2) is 7.18. The predicted octanol–water partition coefficient (Wildman–Crippen LogP) is 0.715. The lowest BCUT2D eigenvalue weighted by atomic mass is 10.1. The zero-order valence-corrected chi connectivity index (χ0v) is 15.1. The van der Waals surface area contributed by atoms with Gasteiger partial charge < -0.3 is 4.90 Å². The van der Waals surface area contributed by atoms with E-state index >= 15 is 0 Å². The number of pyridine rings is 1. The Kier molecular flexibility index (Phi) is 5.12. The molecule has 3 rings (SSSR count). The van der Waals surface area contributed by atoms with Crippen LogP contribution in [0.2, 0.25) is 0 Å². The van der Waals surface area contributed by atoms with Crippen LogP contribution in [0.3, 0.4) is 0 Å². The molecule has 1 aromatic rings. The highest BCUT2D eigenvalue weighted by Gasteiger charge is 2.39. The van der Waals surface area contributed by atoms with E-state index in [1.807, 2.05) is 0 Å². The standard InChI is InChI=1S/C16H21N3O6S/c20-15-6-5-13(19(22)23)9-17(15)10-16(21)18(12-3-1-2-4-12)14-7-8-26(24,25)11-14/h5-6,9,12,14H,1-4,7-8,10-11H2/t14-/m0/s1. The number of hydrogen-bond donors (Lipinski definition) is 0. The van der Waals surface area contributed by atoms with Crippen LogP contribution < -0.4 is 5.56 Å². The molecule has 1 amide bonds. The van der Waals surface area contributed by atoms with Crippen LogP contribution in [0.25, 0.3) is 0 Å². The van der Waals surface area contributed by atoms with Crippen LogP contribution in [0.4, 0.5) is 5.69 Å². The van der Waals surface area contributed by atoms with Crippen molar-refractivity contribution in [2.75, 3.05) is 11.5 Å². The zero-order chi connectivity index (χ0) is 18.9. The number of sulfone groups is 1. The molecular weight excluding hydrogens is 362 g/mol. The number of hydrogen-bond acceptors (Lipinski definition) is 6. The molecule has 2 fully saturated rings. The summed E-state index contributed by atoms with van der Waals surface area (Å²) in [6.07, 6.45) is 5.03. The van der Waals surface area contributed by atoms with Crippen molar-refractivity contribution in [3.63, 3.8) is 0 Å². The minimum atomic E-state index is -3.15. The number of nitro groups is 1. The van der Waals surface area contributed by atoms with Crippen molar-refractivity contribution in [1.82, 2.24) is 9.47 Å². The van der Waals surface area contributed by atoms with Crippen LogP contribution in [0, 0.1) is 10.1 Å².